The van der Waals surface area contributed by atoms with Gasteiger partial charge in [0, 0.05) is 30.4 Å². The average molecular weight is 328 g/mol. The fourth-order valence-corrected chi connectivity index (χ4v) is 2.31. The van der Waals surface area contributed by atoms with Gasteiger partial charge in [0.1, 0.15) is 0 Å². The monoisotopic (exact) mass is 328 g/mol. The molecular formula is C19H24N2O3. The molecule has 0 heterocycles. The van der Waals surface area contributed by atoms with Crippen molar-refractivity contribution in [2.75, 3.05) is 31.4 Å². The molecule has 0 saturated heterocycles. The number of anilines is 2. The van der Waals surface area contributed by atoms with Gasteiger partial charge >= 0.3 is 0 Å². The van der Waals surface area contributed by atoms with E-state index in [1.165, 1.54) is 11.1 Å². The zero-order valence-corrected chi connectivity index (χ0v) is 14.6. The summed E-state index contributed by atoms with van der Waals surface area (Å²) in [5.74, 6) is 1.16. The number of carbonyl (C=O) groups excluding carboxylic acids is 1. The van der Waals surface area contributed by atoms with Gasteiger partial charge in [-0.1, -0.05) is 6.07 Å². The van der Waals surface area contributed by atoms with Crippen LogP contribution < -0.4 is 20.1 Å². The zero-order valence-electron chi connectivity index (χ0n) is 14.6. The van der Waals surface area contributed by atoms with Crippen LogP contribution in [-0.4, -0.2) is 26.7 Å². The number of rotatable bonds is 7. The molecule has 0 fully saturated rings. The van der Waals surface area contributed by atoms with Crippen LogP contribution >= 0.6 is 0 Å². The van der Waals surface area contributed by atoms with Crippen molar-refractivity contribution in [3.63, 3.8) is 0 Å². The molecule has 2 rings (SSSR count). The van der Waals surface area contributed by atoms with Gasteiger partial charge in [-0.15, -0.1) is 0 Å². The van der Waals surface area contributed by atoms with E-state index in [2.05, 4.69) is 36.6 Å². The molecule has 0 unspecified atom stereocenters. The lowest BCUT2D eigenvalue weighted by Gasteiger charge is -2.11. The molecule has 128 valence electrons. The molecule has 0 saturated carbocycles. The smallest absolute Gasteiger partial charge is 0.226 e. The molecule has 0 radical (unpaired) electrons. The molecule has 2 N–H and O–H groups in total. The normalized spacial score (nSPS) is 10.2. The van der Waals surface area contributed by atoms with Gasteiger partial charge in [0.05, 0.1) is 14.2 Å². The maximum atomic E-state index is 12.1. The van der Waals surface area contributed by atoms with E-state index in [1.807, 2.05) is 6.07 Å². The highest BCUT2D eigenvalue weighted by Crippen LogP contribution is 2.29. The summed E-state index contributed by atoms with van der Waals surface area (Å²) < 4.78 is 10.4. The highest BCUT2D eigenvalue weighted by Gasteiger charge is 2.07. The third-order valence-electron chi connectivity index (χ3n) is 3.86. The molecule has 0 bridgehead atoms. The van der Waals surface area contributed by atoms with Gasteiger partial charge in [0.25, 0.3) is 0 Å². The van der Waals surface area contributed by atoms with Crippen molar-refractivity contribution < 1.29 is 14.3 Å². The topological polar surface area (TPSA) is 59.6 Å². The molecule has 0 spiro atoms. The number of hydrogen-bond donors (Lipinski definition) is 2. The maximum absolute atomic E-state index is 12.1. The Kier molecular flexibility index (Phi) is 6.07. The SMILES string of the molecule is COc1ccc(NC(=O)CCNc2ccc(C)c(C)c2)cc1OC. The summed E-state index contributed by atoms with van der Waals surface area (Å²) >= 11 is 0. The zero-order chi connectivity index (χ0) is 17.5. The lowest BCUT2D eigenvalue weighted by Crippen LogP contribution is -2.16. The van der Waals surface area contributed by atoms with E-state index in [9.17, 15) is 4.79 Å². The van der Waals surface area contributed by atoms with Crippen molar-refractivity contribution in [1.29, 1.82) is 0 Å². The fourth-order valence-electron chi connectivity index (χ4n) is 2.31. The third kappa shape index (κ3) is 4.65. The van der Waals surface area contributed by atoms with Crippen molar-refractivity contribution in [3.05, 3.63) is 47.5 Å². The number of benzene rings is 2. The van der Waals surface area contributed by atoms with Crippen molar-refractivity contribution >= 4 is 17.3 Å². The fraction of sp³-hybridized carbons (Fsp3) is 0.316. The van der Waals surface area contributed by atoms with Gasteiger partial charge in [-0.25, -0.2) is 0 Å². The first-order chi connectivity index (χ1) is 11.5. The predicted molar refractivity (Wildman–Crippen MR) is 97.2 cm³/mol. The summed E-state index contributed by atoms with van der Waals surface area (Å²) in [6.07, 6.45) is 0.376. The lowest BCUT2D eigenvalue weighted by molar-refractivity contribution is -0.115. The molecule has 5 nitrogen and oxygen atoms in total. The van der Waals surface area contributed by atoms with Crippen molar-refractivity contribution in [2.45, 2.75) is 20.3 Å². The minimum atomic E-state index is -0.0569. The molecule has 24 heavy (non-hydrogen) atoms. The van der Waals surface area contributed by atoms with E-state index in [0.717, 1.165) is 5.69 Å². The van der Waals surface area contributed by atoms with Crippen LogP contribution in [0.2, 0.25) is 0 Å². The Labute approximate surface area is 143 Å². The Hall–Kier alpha value is -2.69. The highest BCUT2D eigenvalue weighted by atomic mass is 16.5. The molecule has 2 aromatic rings. The van der Waals surface area contributed by atoms with E-state index in [1.54, 1.807) is 32.4 Å². The van der Waals surface area contributed by atoms with Gasteiger partial charge in [0.2, 0.25) is 5.91 Å². The first-order valence-electron chi connectivity index (χ1n) is 7.86. The average Bonchev–Trinajstić information content (AvgIpc) is 2.58. The number of aryl methyl sites for hydroxylation is 2. The van der Waals surface area contributed by atoms with Crippen LogP contribution in [0.15, 0.2) is 36.4 Å². The van der Waals surface area contributed by atoms with Gasteiger partial charge in [0.15, 0.2) is 11.5 Å². The van der Waals surface area contributed by atoms with Crippen molar-refractivity contribution in [2.24, 2.45) is 0 Å². The molecule has 0 aromatic heterocycles. The predicted octanol–water partition coefficient (Wildman–Crippen LogP) is 3.76. The number of carbonyl (C=O) groups is 1. The molecule has 1 amide bonds. The van der Waals surface area contributed by atoms with E-state index in [-0.39, 0.29) is 5.91 Å². The summed E-state index contributed by atoms with van der Waals surface area (Å²) in [4.78, 5) is 12.1. The lowest BCUT2D eigenvalue weighted by atomic mass is 10.1. The number of methoxy groups -OCH3 is 2. The first kappa shape index (κ1) is 17.7. The second kappa shape index (κ2) is 8.24. The summed E-state index contributed by atoms with van der Waals surface area (Å²) in [6, 6.07) is 11.5. The molecule has 0 aliphatic heterocycles. The first-order valence-corrected chi connectivity index (χ1v) is 7.86. The Morgan fingerprint density at radius 3 is 2.29 bits per heavy atom. The maximum Gasteiger partial charge on any atom is 0.226 e. The number of hydrogen-bond acceptors (Lipinski definition) is 4. The van der Waals surface area contributed by atoms with Gasteiger partial charge < -0.3 is 20.1 Å². The molecule has 0 atom stereocenters. The van der Waals surface area contributed by atoms with Crippen LogP contribution in [0.1, 0.15) is 17.5 Å². The van der Waals surface area contributed by atoms with E-state index < -0.39 is 0 Å². The van der Waals surface area contributed by atoms with Crippen LogP contribution in [0.3, 0.4) is 0 Å². The van der Waals surface area contributed by atoms with Crippen LogP contribution in [0, 0.1) is 13.8 Å². The van der Waals surface area contributed by atoms with Crippen molar-refractivity contribution in [3.8, 4) is 11.5 Å². The van der Waals surface area contributed by atoms with Crippen molar-refractivity contribution in [1.82, 2.24) is 0 Å². The summed E-state index contributed by atoms with van der Waals surface area (Å²) in [5, 5.41) is 6.12. The third-order valence-corrected chi connectivity index (χ3v) is 3.86. The van der Waals surface area contributed by atoms with Gasteiger partial charge in [-0.05, 0) is 49.2 Å². The van der Waals surface area contributed by atoms with Crippen LogP contribution in [0.4, 0.5) is 11.4 Å². The Morgan fingerprint density at radius 1 is 0.917 bits per heavy atom. The minimum Gasteiger partial charge on any atom is -0.493 e. The molecule has 2 aromatic carbocycles. The van der Waals surface area contributed by atoms with Crippen LogP contribution in [0.5, 0.6) is 11.5 Å². The standard InChI is InChI=1S/C19H24N2O3/c1-13-5-6-15(11-14(13)2)20-10-9-19(22)21-16-7-8-17(23-3)18(12-16)24-4/h5-8,11-12,20H,9-10H2,1-4H3,(H,21,22). The van der Waals surface area contributed by atoms with E-state index in [0.29, 0.717) is 30.2 Å². The van der Waals surface area contributed by atoms with E-state index >= 15 is 0 Å². The molecule has 0 aliphatic carbocycles. The van der Waals surface area contributed by atoms with E-state index in [4.69, 9.17) is 9.47 Å². The quantitative estimate of drug-likeness (QED) is 0.812. The van der Waals surface area contributed by atoms with Crippen LogP contribution in [0.25, 0.3) is 0 Å². The summed E-state index contributed by atoms with van der Waals surface area (Å²) in [5.41, 5.74) is 4.20. The summed E-state index contributed by atoms with van der Waals surface area (Å²) in [7, 11) is 3.14. The largest absolute Gasteiger partial charge is 0.493 e. The number of ether oxygens (including phenoxy) is 2. The van der Waals surface area contributed by atoms with Crippen LogP contribution in [-0.2, 0) is 4.79 Å². The minimum absolute atomic E-state index is 0.0569. The summed E-state index contributed by atoms with van der Waals surface area (Å²) in [6.45, 7) is 4.72. The Morgan fingerprint density at radius 2 is 1.62 bits per heavy atom. The Bertz CT molecular complexity index is 714. The number of nitrogens with one attached hydrogen (secondary N) is 2. The van der Waals surface area contributed by atoms with Gasteiger partial charge in [-0.2, -0.15) is 0 Å². The molecule has 0 aliphatic rings. The van der Waals surface area contributed by atoms with Gasteiger partial charge in [-0.3, -0.25) is 4.79 Å². The molecule has 5 heteroatoms. The number of amides is 1. The molecular weight excluding hydrogens is 304 g/mol. The highest BCUT2D eigenvalue weighted by molar-refractivity contribution is 5.91. The second-order valence-corrected chi connectivity index (χ2v) is 5.59. The second-order valence-electron chi connectivity index (χ2n) is 5.59. The Balaban J connectivity index is 1.86.